The molecule has 0 saturated heterocycles. The molecule has 112 valence electrons. The first-order valence-electron chi connectivity index (χ1n) is 6.65. The quantitative estimate of drug-likeness (QED) is 0.894. The lowest BCUT2D eigenvalue weighted by Crippen LogP contribution is -2.33. The highest BCUT2D eigenvalue weighted by Crippen LogP contribution is 2.31. The first-order valence-corrected chi connectivity index (χ1v) is 9.39. The number of halogens is 1. The first kappa shape index (κ1) is 15.8. The number of ether oxygens (including phenoxy) is 1. The van der Waals surface area contributed by atoms with Crippen molar-refractivity contribution in [3.8, 4) is 5.75 Å². The van der Waals surface area contributed by atoms with Crippen molar-refractivity contribution in [2.45, 2.75) is 43.6 Å². The minimum Gasteiger partial charge on any atom is -0.489 e. The Bertz CT molecular complexity index is 571. The molecule has 1 fully saturated rings. The van der Waals surface area contributed by atoms with E-state index in [9.17, 15) is 8.42 Å². The summed E-state index contributed by atoms with van der Waals surface area (Å²) in [6, 6.07) is 5.42. The van der Waals surface area contributed by atoms with Crippen molar-refractivity contribution in [1.82, 2.24) is 0 Å². The minimum absolute atomic E-state index is 0.0154. The van der Waals surface area contributed by atoms with Gasteiger partial charge in [0.25, 0.3) is 0 Å². The number of rotatable bonds is 4. The summed E-state index contributed by atoms with van der Waals surface area (Å²) in [6.07, 6.45) is 4.25. The largest absolute Gasteiger partial charge is 0.489 e. The van der Waals surface area contributed by atoms with Crippen LogP contribution in [0.4, 0.5) is 0 Å². The lowest BCUT2D eigenvalue weighted by molar-refractivity contribution is 0.155. The Morgan fingerprint density at radius 2 is 2.15 bits per heavy atom. The zero-order chi connectivity index (χ0) is 14.8. The van der Waals surface area contributed by atoms with Gasteiger partial charge in [0, 0.05) is 12.7 Å². The molecule has 2 unspecified atom stereocenters. The Labute approximate surface area is 128 Å². The third-order valence-corrected chi connectivity index (χ3v) is 5.91. The fourth-order valence-electron chi connectivity index (χ4n) is 2.52. The van der Waals surface area contributed by atoms with Gasteiger partial charge in [-0.1, -0.05) is 6.07 Å². The minimum atomic E-state index is -3.00. The van der Waals surface area contributed by atoms with Gasteiger partial charge in [0.15, 0.2) is 0 Å². The molecule has 1 aromatic rings. The fraction of sp³-hybridized carbons (Fsp3) is 0.571. The molecule has 2 atom stereocenters. The van der Waals surface area contributed by atoms with Gasteiger partial charge < -0.3 is 9.84 Å². The molecular weight excluding hydrogens is 344 g/mol. The highest BCUT2D eigenvalue weighted by Gasteiger charge is 2.30. The summed E-state index contributed by atoms with van der Waals surface area (Å²) in [4.78, 5) is 0. The number of benzene rings is 1. The predicted octanol–water partition coefficient (Wildman–Crippen LogP) is 2.68. The summed E-state index contributed by atoms with van der Waals surface area (Å²) >= 11 is 3.41. The van der Waals surface area contributed by atoms with Crippen LogP contribution in [0.5, 0.6) is 5.75 Å². The van der Waals surface area contributed by atoms with Gasteiger partial charge in [0.2, 0.25) is 0 Å². The molecule has 6 heteroatoms. The molecule has 0 aliphatic heterocycles. The van der Waals surface area contributed by atoms with Gasteiger partial charge in [-0.25, -0.2) is 8.42 Å². The molecule has 1 aliphatic carbocycles. The normalized spacial score (nSPS) is 23.6. The van der Waals surface area contributed by atoms with E-state index in [1.807, 2.05) is 6.07 Å². The van der Waals surface area contributed by atoms with E-state index in [0.717, 1.165) is 29.3 Å². The Hall–Kier alpha value is -0.590. The van der Waals surface area contributed by atoms with Crippen molar-refractivity contribution >= 4 is 25.8 Å². The standard InChI is InChI=1S/C14H19BrO4S/c1-20(17,18)12-4-2-3-11(8-12)19-14-6-5-10(9-16)7-13(14)15/h5-7,11-12,16H,2-4,8-9H2,1H3. The van der Waals surface area contributed by atoms with Crippen molar-refractivity contribution in [3.05, 3.63) is 28.2 Å². The van der Waals surface area contributed by atoms with Crippen LogP contribution >= 0.6 is 15.9 Å². The van der Waals surface area contributed by atoms with E-state index in [2.05, 4.69) is 15.9 Å². The molecule has 20 heavy (non-hydrogen) atoms. The van der Waals surface area contributed by atoms with E-state index in [1.165, 1.54) is 6.26 Å². The summed E-state index contributed by atoms with van der Waals surface area (Å²) < 4.78 is 30.0. The third kappa shape index (κ3) is 3.96. The Morgan fingerprint density at radius 3 is 2.75 bits per heavy atom. The van der Waals surface area contributed by atoms with Crippen molar-refractivity contribution < 1.29 is 18.3 Å². The van der Waals surface area contributed by atoms with Crippen LogP contribution in [0.25, 0.3) is 0 Å². The SMILES string of the molecule is CS(=O)(=O)C1CCCC(Oc2ccc(CO)cc2Br)C1. The maximum Gasteiger partial charge on any atom is 0.150 e. The molecule has 1 saturated carbocycles. The molecule has 0 heterocycles. The Kier molecular flexibility index (Phi) is 5.09. The molecule has 4 nitrogen and oxygen atoms in total. The molecule has 0 radical (unpaired) electrons. The maximum atomic E-state index is 11.6. The molecule has 0 aromatic heterocycles. The summed E-state index contributed by atoms with van der Waals surface area (Å²) in [5.41, 5.74) is 0.807. The number of hydrogen-bond acceptors (Lipinski definition) is 4. The second kappa shape index (κ2) is 6.45. The highest BCUT2D eigenvalue weighted by atomic mass is 79.9. The van der Waals surface area contributed by atoms with Crippen LogP contribution in [0.2, 0.25) is 0 Å². The van der Waals surface area contributed by atoms with E-state index in [1.54, 1.807) is 12.1 Å². The van der Waals surface area contributed by atoms with Crippen LogP contribution in [-0.4, -0.2) is 31.1 Å². The van der Waals surface area contributed by atoms with Crippen LogP contribution in [0.1, 0.15) is 31.2 Å². The molecule has 0 spiro atoms. The lowest BCUT2D eigenvalue weighted by Gasteiger charge is -2.28. The number of hydrogen-bond donors (Lipinski definition) is 1. The summed E-state index contributed by atoms with van der Waals surface area (Å²) in [6.45, 7) is -0.0154. The van der Waals surface area contributed by atoms with Gasteiger partial charge in [-0.3, -0.25) is 0 Å². The van der Waals surface area contributed by atoms with E-state index in [4.69, 9.17) is 9.84 Å². The Balaban J connectivity index is 2.06. The predicted molar refractivity (Wildman–Crippen MR) is 81.6 cm³/mol. The topological polar surface area (TPSA) is 63.6 Å². The molecule has 0 bridgehead atoms. The van der Waals surface area contributed by atoms with Gasteiger partial charge in [-0.15, -0.1) is 0 Å². The molecule has 0 amide bonds. The van der Waals surface area contributed by atoms with Crippen molar-refractivity contribution in [3.63, 3.8) is 0 Å². The zero-order valence-electron chi connectivity index (χ0n) is 11.4. The van der Waals surface area contributed by atoms with Crippen LogP contribution in [-0.2, 0) is 16.4 Å². The monoisotopic (exact) mass is 362 g/mol. The van der Waals surface area contributed by atoms with Crippen molar-refractivity contribution in [2.75, 3.05) is 6.26 Å². The molecule has 1 aliphatic rings. The highest BCUT2D eigenvalue weighted by molar-refractivity contribution is 9.10. The van der Waals surface area contributed by atoms with Gasteiger partial charge in [-0.2, -0.15) is 0 Å². The summed E-state index contributed by atoms with van der Waals surface area (Å²) in [7, 11) is -3.00. The fourth-order valence-corrected chi connectivity index (χ4v) is 4.19. The molecule has 1 N–H and O–H groups in total. The Morgan fingerprint density at radius 1 is 1.40 bits per heavy atom. The van der Waals surface area contributed by atoms with Crippen LogP contribution in [0.3, 0.4) is 0 Å². The van der Waals surface area contributed by atoms with Gasteiger partial charge in [-0.05, 0) is 52.9 Å². The average molecular weight is 363 g/mol. The van der Waals surface area contributed by atoms with Crippen LogP contribution in [0.15, 0.2) is 22.7 Å². The van der Waals surface area contributed by atoms with Gasteiger partial charge in [0.1, 0.15) is 21.7 Å². The van der Waals surface area contributed by atoms with Gasteiger partial charge in [0.05, 0.1) is 16.3 Å². The number of sulfone groups is 1. The summed E-state index contributed by atoms with van der Waals surface area (Å²) in [5, 5.41) is 8.78. The first-order chi connectivity index (χ1) is 9.40. The van der Waals surface area contributed by atoms with Crippen molar-refractivity contribution in [2.24, 2.45) is 0 Å². The lowest BCUT2D eigenvalue weighted by atomic mass is 9.97. The second-order valence-electron chi connectivity index (χ2n) is 5.28. The molecule has 2 rings (SSSR count). The van der Waals surface area contributed by atoms with E-state index in [-0.39, 0.29) is 18.0 Å². The summed E-state index contributed by atoms with van der Waals surface area (Å²) in [5.74, 6) is 0.696. The van der Waals surface area contributed by atoms with E-state index < -0.39 is 9.84 Å². The maximum absolute atomic E-state index is 11.6. The number of aliphatic hydroxyl groups is 1. The smallest absolute Gasteiger partial charge is 0.150 e. The second-order valence-corrected chi connectivity index (χ2v) is 8.46. The third-order valence-electron chi connectivity index (χ3n) is 3.66. The van der Waals surface area contributed by atoms with Crippen LogP contribution in [0, 0.1) is 0 Å². The zero-order valence-corrected chi connectivity index (χ0v) is 13.8. The molecule has 1 aromatic carbocycles. The van der Waals surface area contributed by atoms with Crippen LogP contribution < -0.4 is 4.74 Å². The number of aliphatic hydroxyl groups excluding tert-OH is 1. The van der Waals surface area contributed by atoms with E-state index in [0.29, 0.717) is 12.2 Å². The molecular formula is C14H19BrO4S. The van der Waals surface area contributed by atoms with Gasteiger partial charge >= 0.3 is 0 Å². The van der Waals surface area contributed by atoms with E-state index >= 15 is 0 Å². The average Bonchev–Trinajstić information content (AvgIpc) is 2.40. The van der Waals surface area contributed by atoms with Crippen molar-refractivity contribution in [1.29, 1.82) is 0 Å².